The van der Waals surface area contributed by atoms with Crippen LogP contribution in [0.25, 0.3) is 0 Å². The van der Waals surface area contributed by atoms with Gasteiger partial charge >= 0.3 is 0 Å². The first-order valence-corrected chi connectivity index (χ1v) is 29.2. The summed E-state index contributed by atoms with van der Waals surface area (Å²) in [6.45, 7) is 5.68. The Bertz CT molecular complexity index is 2130. The zero-order chi connectivity index (χ0) is 59.3. The van der Waals surface area contributed by atoms with E-state index in [4.69, 9.17) is 4.74 Å². The van der Waals surface area contributed by atoms with E-state index >= 15 is 0 Å². The van der Waals surface area contributed by atoms with Gasteiger partial charge in [0.15, 0.2) is 6.23 Å². The van der Waals surface area contributed by atoms with Crippen LogP contribution in [0.3, 0.4) is 0 Å². The van der Waals surface area contributed by atoms with Crippen LogP contribution in [0, 0.1) is 5.92 Å². The van der Waals surface area contributed by atoms with Crippen molar-refractivity contribution in [2.24, 2.45) is 5.92 Å². The number of aliphatic hydroxyl groups is 6. The molecule has 0 spiro atoms. The quantitative estimate of drug-likeness (QED) is 0.0440. The molecule has 0 aliphatic carbocycles. The number of aliphatic hydroxyl groups excluding tert-OH is 6. The molecule has 3 fully saturated rings. The number of likely N-dealkylation sites (N-methyl/N-ethyl adjacent to an activating group) is 1. The number of amides is 7. The van der Waals surface area contributed by atoms with Gasteiger partial charge in [0, 0.05) is 44.7 Å². The number of phenolic OH excluding ortho intramolecular Hbond substituents is 1. The molecule has 4 rings (SSSR count). The van der Waals surface area contributed by atoms with Gasteiger partial charge in [-0.2, -0.15) is 0 Å². The molecule has 1 aromatic carbocycles. The Morgan fingerprint density at radius 1 is 0.675 bits per heavy atom. The first-order valence-electron chi connectivity index (χ1n) is 29.2. The molecule has 80 heavy (non-hydrogen) atoms. The van der Waals surface area contributed by atoms with E-state index in [1.54, 1.807) is 6.92 Å². The van der Waals surface area contributed by atoms with Gasteiger partial charge in [-0.1, -0.05) is 116 Å². The second-order valence-corrected chi connectivity index (χ2v) is 23.6. The topological polar surface area (TPSA) is 337 Å². The number of unbranched alkanes of at least 4 members (excludes halogenated alkanes) is 14. The summed E-state index contributed by atoms with van der Waals surface area (Å²) < 4.78 is 6.47. The van der Waals surface area contributed by atoms with Crippen molar-refractivity contribution < 1.29 is 78.5 Å². The number of aromatic hydroxyl groups is 1. The Morgan fingerprint density at radius 2 is 1.19 bits per heavy atom. The van der Waals surface area contributed by atoms with Gasteiger partial charge in [0.2, 0.25) is 41.4 Å². The third-order valence-electron chi connectivity index (χ3n) is 15.4. The maximum Gasteiger partial charge on any atom is 0.248 e. The van der Waals surface area contributed by atoms with Crippen molar-refractivity contribution in [2.75, 3.05) is 47.4 Å². The number of fused-ring (bicyclic) bond motifs is 2. The SMILES string of the molecule is CCCCCCCCCCCCCCCCCC(=O)NC1CC(O)C(OCC[N+](C)(C)C)NC(=O)C2C(O)C(C)CN2C(=O)C(C(C)O)NC(=O)C(C(O)Cc2ccc(O)cc2)NC(=O)C2CC(O)CN2C(=O)C(C(C)O)NC1=O. The largest absolute Gasteiger partial charge is 0.508 e. The molecule has 3 aliphatic rings. The van der Waals surface area contributed by atoms with E-state index in [1.807, 2.05) is 21.1 Å². The summed E-state index contributed by atoms with van der Waals surface area (Å²) in [5, 5.41) is 90.9. The predicted molar refractivity (Wildman–Crippen MR) is 297 cm³/mol. The van der Waals surface area contributed by atoms with Crippen LogP contribution in [0.15, 0.2) is 24.3 Å². The normalized spacial score (nSPS) is 27.9. The zero-order valence-electron chi connectivity index (χ0n) is 48.4. The molecule has 0 radical (unpaired) electrons. The Balaban J connectivity index is 1.67. The van der Waals surface area contributed by atoms with Gasteiger partial charge in [-0.25, -0.2) is 0 Å². The van der Waals surface area contributed by atoms with Gasteiger partial charge in [-0.3, -0.25) is 33.6 Å². The molecule has 7 amide bonds. The van der Waals surface area contributed by atoms with Crippen LogP contribution in [0.2, 0.25) is 0 Å². The first-order chi connectivity index (χ1) is 37.8. The Hall–Kier alpha value is -5.01. The number of nitrogens with one attached hydrogen (secondary N) is 5. The molecule has 454 valence electrons. The summed E-state index contributed by atoms with van der Waals surface area (Å²) >= 11 is 0. The molecular formula is C57H97N8O15+. The molecule has 12 N–H and O–H groups in total. The number of benzene rings is 1. The number of phenols is 1. The van der Waals surface area contributed by atoms with Crippen molar-refractivity contribution in [3.8, 4) is 5.75 Å². The van der Waals surface area contributed by atoms with Crippen molar-refractivity contribution in [1.82, 2.24) is 36.4 Å². The number of hydrogen-bond acceptors (Lipinski definition) is 15. The molecule has 3 aliphatic heterocycles. The van der Waals surface area contributed by atoms with E-state index in [-0.39, 0.29) is 31.7 Å². The van der Waals surface area contributed by atoms with Crippen LogP contribution in [-0.4, -0.2) is 218 Å². The van der Waals surface area contributed by atoms with Gasteiger partial charge in [0.05, 0.1) is 58.3 Å². The minimum Gasteiger partial charge on any atom is -0.508 e. The Labute approximate surface area is 472 Å². The smallest absolute Gasteiger partial charge is 0.248 e. The van der Waals surface area contributed by atoms with Crippen LogP contribution in [0.4, 0.5) is 0 Å². The Kier molecular flexibility index (Phi) is 28.0. The van der Waals surface area contributed by atoms with Crippen molar-refractivity contribution in [3.63, 3.8) is 0 Å². The number of carbonyl (C=O) groups is 7. The summed E-state index contributed by atoms with van der Waals surface area (Å²) in [4.78, 5) is 103. The van der Waals surface area contributed by atoms with Crippen molar-refractivity contribution in [3.05, 3.63) is 29.8 Å². The predicted octanol–water partition coefficient (Wildman–Crippen LogP) is 0.357. The molecule has 0 bridgehead atoms. The van der Waals surface area contributed by atoms with Crippen molar-refractivity contribution in [2.45, 2.75) is 229 Å². The third kappa shape index (κ3) is 21.4. The lowest BCUT2D eigenvalue weighted by Crippen LogP contribution is -2.64. The van der Waals surface area contributed by atoms with Crippen LogP contribution in [-0.2, 0) is 44.7 Å². The van der Waals surface area contributed by atoms with E-state index < -0.39 is 146 Å². The molecule has 14 unspecified atom stereocenters. The van der Waals surface area contributed by atoms with Gasteiger partial charge in [-0.05, 0) is 38.0 Å². The Morgan fingerprint density at radius 3 is 1.73 bits per heavy atom. The van der Waals surface area contributed by atoms with Crippen LogP contribution >= 0.6 is 0 Å². The standard InChI is InChI=1S/C57H96N8O15/c1-8-9-10-11-12-13-14-15-16-17-18-19-20-21-22-23-45(72)58-41-32-44(71)55(80-29-28-65(5,6)7)62-54(77)49-50(73)35(2)33-64(49)57(79)47(37(4)67)60-53(76)48(43(70)30-38-24-26-39(68)27-25-38)61-52(75)42-31-40(69)34-63(42)56(78)46(36(3)66)59-51(41)74/h24-27,35-37,40-44,46-50,55,66-67,69-71,73H,8-23,28-34H2,1-7H3,(H5-,58,59,60,61,62,68,72,74,75,76,77)/p+1. The van der Waals surface area contributed by atoms with Crippen molar-refractivity contribution in [1.29, 1.82) is 0 Å². The fourth-order valence-electron chi connectivity index (χ4n) is 10.5. The summed E-state index contributed by atoms with van der Waals surface area (Å²) in [7, 11) is 5.61. The number of carbonyl (C=O) groups excluding carboxylic acids is 7. The summed E-state index contributed by atoms with van der Waals surface area (Å²) in [6.07, 6.45) is 3.93. The van der Waals surface area contributed by atoms with E-state index in [1.165, 1.54) is 95.9 Å². The fraction of sp³-hybridized carbons (Fsp3) is 0.772. The van der Waals surface area contributed by atoms with Gasteiger partial charge in [0.1, 0.15) is 54.6 Å². The number of ether oxygens (including phenoxy) is 1. The molecule has 23 nitrogen and oxygen atoms in total. The highest BCUT2D eigenvalue weighted by Crippen LogP contribution is 2.27. The number of quaternary nitrogens is 1. The highest BCUT2D eigenvalue weighted by molar-refractivity contribution is 5.98. The number of nitrogens with zero attached hydrogens (tertiary/aromatic N) is 3. The molecular weight excluding hydrogens is 1040 g/mol. The van der Waals surface area contributed by atoms with Gasteiger partial charge in [0.25, 0.3) is 0 Å². The minimum absolute atomic E-state index is 0.00340. The summed E-state index contributed by atoms with van der Waals surface area (Å²) in [5.74, 6) is -7.86. The fourth-order valence-corrected chi connectivity index (χ4v) is 10.5. The van der Waals surface area contributed by atoms with Crippen LogP contribution in [0.5, 0.6) is 5.75 Å². The second-order valence-electron chi connectivity index (χ2n) is 23.6. The van der Waals surface area contributed by atoms with Gasteiger partial charge in [-0.15, -0.1) is 0 Å². The average molecular weight is 1130 g/mol. The number of hydrogen-bond donors (Lipinski definition) is 12. The highest BCUT2D eigenvalue weighted by Gasteiger charge is 2.50. The van der Waals surface area contributed by atoms with Crippen LogP contribution < -0.4 is 26.6 Å². The molecule has 3 saturated heterocycles. The maximum absolute atomic E-state index is 14.6. The van der Waals surface area contributed by atoms with Crippen LogP contribution in [0.1, 0.15) is 149 Å². The molecule has 0 aromatic heterocycles. The molecule has 0 saturated carbocycles. The van der Waals surface area contributed by atoms with E-state index in [9.17, 15) is 69.3 Å². The lowest BCUT2D eigenvalue weighted by Gasteiger charge is -2.34. The second kappa shape index (κ2) is 33.2. The third-order valence-corrected chi connectivity index (χ3v) is 15.4. The summed E-state index contributed by atoms with van der Waals surface area (Å²) in [5.41, 5.74) is 0.393. The number of rotatable bonds is 26. The maximum atomic E-state index is 14.6. The highest BCUT2D eigenvalue weighted by atomic mass is 16.5. The molecule has 3 heterocycles. The minimum atomic E-state index is -1.94. The molecule has 1 aromatic rings. The first kappa shape index (κ1) is 67.5. The monoisotopic (exact) mass is 1130 g/mol. The lowest BCUT2D eigenvalue weighted by atomic mass is 9.99. The molecule has 23 heteroatoms. The van der Waals surface area contributed by atoms with E-state index in [2.05, 4.69) is 33.5 Å². The van der Waals surface area contributed by atoms with Gasteiger partial charge < -0.3 is 81.3 Å². The lowest BCUT2D eigenvalue weighted by molar-refractivity contribution is -0.870. The summed E-state index contributed by atoms with van der Waals surface area (Å²) in [6, 6.07) is -4.98. The van der Waals surface area contributed by atoms with E-state index in [0.717, 1.165) is 41.9 Å². The zero-order valence-corrected chi connectivity index (χ0v) is 48.4. The molecule has 14 atom stereocenters. The van der Waals surface area contributed by atoms with E-state index in [0.29, 0.717) is 23.0 Å². The average Bonchev–Trinajstić information content (AvgIpc) is 4.09. The van der Waals surface area contributed by atoms with Crippen molar-refractivity contribution >= 4 is 41.4 Å².